The van der Waals surface area contributed by atoms with Crippen molar-refractivity contribution in [3.05, 3.63) is 106 Å². The van der Waals surface area contributed by atoms with Gasteiger partial charge in [-0.25, -0.2) is 9.18 Å². The Morgan fingerprint density at radius 2 is 1.67 bits per heavy atom. The van der Waals surface area contributed by atoms with Gasteiger partial charge < -0.3 is 10.1 Å². The first-order valence-electron chi connectivity index (χ1n) is 12.3. The van der Waals surface area contributed by atoms with Gasteiger partial charge >= 0.3 is 12.1 Å². The second-order valence-electron chi connectivity index (χ2n) is 9.24. The lowest BCUT2D eigenvalue weighted by Gasteiger charge is -2.20. The molecule has 214 valence electrons. The maximum atomic E-state index is 14.5. The van der Waals surface area contributed by atoms with Crippen molar-refractivity contribution < 1.29 is 31.9 Å². The minimum absolute atomic E-state index is 0.00771. The quantitative estimate of drug-likeness (QED) is 0.159. The molecule has 42 heavy (non-hydrogen) atoms. The smallest absolute Gasteiger partial charge is 0.419 e. The number of amides is 1. The summed E-state index contributed by atoms with van der Waals surface area (Å²) in [6.07, 6.45) is -2.79. The number of carbonyl (C=O) groups is 2. The molecule has 0 spiro atoms. The van der Waals surface area contributed by atoms with Gasteiger partial charge in [0.05, 0.1) is 45.7 Å². The Labute approximate surface area is 246 Å². The van der Waals surface area contributed by atoms with Gasteiger partial charge in [0.2, 0.25) is 0 Å². The maximum absolute atomic E-state index is 14.5. The summed E-state index contributed by atoms with van der Waals surface area (Å²) in [6, 6.07) is 13.0. The number of nitrogens with one attached hydrogen (secondary N) is 1. The van der Waals surface area contributed by atoms with Crippen LogP contribution in [0.5, 0.6) is 0 Å². The number of nitrogens with zero attached hydrogens (tertiary/aromatic N) is 2. The predicted octanol–water partition coefficient (Wildman–Crippen LogP) is 7.43. The van der Waals surface area contributed by atoms with Crippen LogP contribution < -0.4 is 5.32 Å². The topological polar surface area (TPSA) is 81.2 Å². The van der Waals surface area contributed by atoms with Gasteiger partial charge in [0.15, 0.2) is 0 Å². The normalized spacial score (nSPS) is 12.4. The van der Waals surface area contributed by atoms with Crippen LogP contribution in [0.25, 0.3) is 32.9 Å². The van der Waals surface area contributed by atoms with E-state index >= 15 is 0 Å². The Balaban J connectivity index is 1.62. The van der Waals surface area contributed by atoms with E-state index < -0.39 is 35.5 Å². The first kappa shape index (κ1) is 29.2. The molecule has 6 nitrogen and oxygen atoms in total. The van der Waals surface area contributed by atoms with Crippen LogP contribution in [0.15, 0.2) is 73.1 Å². The number of carbonyl (C=O) groups excluding carboxylic acids is 2. The average molecular weight is 616 g/mol. The van der Waals surface area contributed by atoms with Gasteiger partial charge in [0.25, 0.3) is 5.91 Å². The van der Waals surface area contributed by atoms with E-state index in [4.69, 9.17) is 27.9 Å². The number of esters is 1. The van der Waals surface area contributed by atoms with Crippen molar-refractivity contribution in [2.45, 2.75) is 18.6 Å². The van der Waals surface area contributed by atoms with E-state index in [1.54, 1.807) is 12.1 Å². The van der Waals surface area contributed by atoms with Crippen LogP contribution >= 0.6 is 23.2 Å². The number of methoxy groups -OCH3 is 1. The summed E-state index contributed by atoms with van der Waals surface area (Å²) in [5, 5.41) is 2.99. The molecule has 2 heterocycles. The van der Waals surface area contributed by atoms with Crippen LogP contribution in [0.4, 0.5) is 17.6 Å². The molecular formula is C30H19Cl2F4N3O3. The summed E-state index contributed by atoms with van der Waals surface area (Å²) >= 11 is 12.3. The van der Waals surface area contributed by atoms with Crippen molar-refractivity contribution in [2.75, 3.05) is 7.11 Å². The minimum atomic E-state index is -4.77. The van der Waals surface area contributed by atoms with Crippen LogP contribution in [0.3, 0.4) is 0 Å². The molecule has 5 rings (SSSR count). The van der Waals surface area contributed by atoms with Crippen molar-refractivity contribution in [1.82, 2.24) is 15.3 Å². The van der Waals surface area contributed by atoms with Crippen molar-refractivity contribution in [3.63, 3.8) is 0 Å². The van der Waals surface area contributed by atoms with Crippen LogP contribution in [0.1, 0.15) is 21.5 Å². The van der Waals surface area contributed by atoms with E-state index in [0.717, 1.165) is 19.4 Å². The summed E-state index contributed by atoms with van der Waals surface area (Å²) in [4.78, 5) is 34.0. The molecule has 3 aromatic carbocycles. The molecule has 0 aliphatic heterocycles. The van der Waals surface area contributed by atoms with E-state index in [-0.39, 0.29) is 49.6 Å². The van der Waals surface area contributed by atoms with Gasteiger partial charge in [-0.1, -0.05) is 65.7 Å². The van der Waals surface area contributed by atoms with Crippen molar-refractivity contribution >= 4 is 56.8 Å². The van der Waals surface area contributed by atoms with Crippen LogP contribution in [-0.2, 0) is 22.1 Å². The van der Waals surface area contributed by atoms with Crippen LogP contribution in [0, 0.1) is 5.82 Å². The fourth-order valence-corrected chi connectivity index (χ4v) is 5.34. The zero-order valence-corrected chi connectivity index (χ0v) is 23.1. The van der Waals surface area contributed by atoms with Crippen molar-refractivity contribution in [1.29, 1.82) is 0 Å². The number of benzene rings is 3. The number of aromatic nitrogens is 2. The van der Waals surface area contributed by atoms with Crippen molar-refractivity contribution in [2.24, 2.45) is 0 Å². The third-order valence-corrected chi connectivity index (χ3v) is 7.28. The Morgan fingerprint density at radius 3 is 2.36 bits per heavy atom. The average Bonchev–Trinajstić information content (AvgIpc) is 2.95. The predicted molar refractivity (Wildman–Crippen MR) is 151 cm³/mol. The Morgan fingerprint density at radius 1 is 0.952 bits per heavy atom. The lowest BCUT2D eigenvalue weighted by Crippen LogP contribution is -2.43. The van der Waals surface area contributed by atoms with E-state index in [0.29, 0.717) is 10.9 Å². The summed E-state index contributed by atoms with van der Waals surface area (Å²) < 4.78 is 62.5. The highest BCUT2D eigenvalue weighted by Crippen LogP contribution is 2.42. The molecule has 0 aliphatic rings. The highest BCUT2D eigenvalue weighted by atomic mass is 35.5. The van der Waals surface area contributed by atoms with Gasteiger partial charge in [-0.2, -0.15) is 13.2 Å². The highest BCUT2D eigenvalue weighted by Gasteiger charge is 2.37. The summed E-state index contributed by atoms with van der Waals surface area (Å²) in [6.45, 7) is 0. The van der Waals surface area contributed by atoms with E-state index in [1.165, 1.54) is 48.7 Å². The molecule has 1 atom stereocenters. The van der Waals surface area contributed by atoms with Crippen LogP contribution in [-0.4, -0.2) is 35.0 Å². The van der Waals surface area contributed by atoms with Crippen molar-refractivity contribution in [3.8, 4) is 11.3 Å². The highest BCUT2D eigenvalue weighted by molar-refractivity contribution is 6.39. The second-order valence-corrected chi connectivity index (χ2v) is 10.1. The van der Waals surface area contributed by atoms with Gasteiger partial charge in [0, 0.05) is 29.0 Å². The zero-order valence-electron chi connectivity index (χ0n) is 21.6. The molecule has 1 amide bonds. The lowest BCUT2D eigenvalue weighted by atomic mass is 9.93. The molecule has 0 bridgehead atoms. The van der Waals surface area contributed by atoms with Gasteiger partial charge in [-0.05, 0) is 29.1 Å². The number of rotatable bonds is 6. The van der Waals surface area contributed by atoms with Gasteiger partial charge in [-0.15, -0.1) is 0 Å². The molecule has 0 unspecified atom stereocenters. The zero-order chi connectivity index (χ0) is 30.2. The molecule has 0 radical (unpaired) electrons. The largest absolute Gasteiger partial charge is 0.467 e. The summed E-state index contributed by atoms with van der Waals surface area (Å²) in [5.74, 6) is -2.35. The third-order valence-electron chi connectivity index (χ3n) is 6.65. The van der Waals surface area contributed by atoms with Crippen LogP contribution in [0.2, 0.25) is 10.0 Å². The Hall–Kier alpha value is -4.28. The molecule has 0 aliphatic carbocycles. The molecule has 2 aromatic heterocycles. The fraction of sp³-hybridized carbons (Fsp3) is 0.133. The number of hydrogen-bond acceptors (Lipinski definition) is 5. The summed E-state index contributed by atoms with van der Waals surface area (Å²) in [7, 11) is 1.12. The van der Waals surface area contributed by atoms with Gasteiger partial charge in [0.1, 0.15) is 11.9 Å². The first-order valence-corrected chi connectivity index (χ1v) is 13.1. The molecule has 0 fully saturated rings. The third kappa shape index (κ3) is 5.60. The SMILES string of the molecule is COC(=O)[C@H](Cc1ccc(-c2ncc3ccccc3c2C(F)(F)F)c2ncc(F)cc12)NC(=O)c1c(Cl)cccc1Cl. The van der Waals surface area contributed by atoms with Gasteiger partial charge in [-0.3, -0.25) is 14.8 Å². The molecule has 12 heteroatoms. The second kappa shape index (κ2) is 11.5. The van der Waals surface area contributed by atoms with E-state index in [9.17, 15) is 27.2 Å². The number of fused-ring (bicyclic) bond motifs is 2. The number of alkyl halides is 3. The lowest BCUT2D eigenvalue weighted by molar-refractivity contribution is -0.142. The van der Waals surface area contributed by atoms with E-state index in [1.807, 2.05) is 0 Å². The fourth-order valence-electron chi connectivity index (χ4n) is 4.78. The molecule has 1 N–H and O–H groups in total. The number of ether oxygens (including phenoxy) is 1. The number of hydrogen-bond donors (Lipinski definition) is 1. The first-order chi connectivity index (χ1) is 20.0. The number of halogens is 6. The number of pyridine rings is 2. The van der Waals surface area contributed by atoms with E-state index in [2.05, 4.69) is 15.3 Å². The molecular weight excluding hydrogens is 597 g/mol. The Bertz CT molecular complexity index is 1840. The maximum Gasteiger partial charge on any atom is 0.419 e. The monoisotopic (exact) mass is 615 g/mol. The molecule has 0 saturated heterocycles. The standard InChI is InChI=1S/C30H19Cl2F4N3O3/c1-42-29(41)23(39-28(40)24-21(31)7-4-8-22(24)32)11-15-9-10-19(26-20(15)12-17(33)14-38-26)27-25(30(34,35)36)18-6-3-2-5-16(18)13-37-27/h2-10,12-14,23H,11H2,1H3,(H,39,40)/t23-/m0/s1. The Kier molecular flexibility index (Phi) is 8.03. The minimum Gasteiger partial charge on any atom is -0.467 e. The summed E-state index contributed by atoms with van der Waals surface area (Å²) in [5.41, 5.74) is -1.08. The molecule has 0 saturated carbocycles. The molecule has 5 aromatic rings.